The molecule has 1 N–H and O–H groups in total. The molecule has 2 heteroatoms. The molecule has 0 saturated carbocycles. The van der Waals surface area contributed by atoms with E-state index >= 15 is 0 Å². The maximum atomic E-state index is 12.7. The van der Waals surface area contributed by atoms with Gasteiger partial charge in [-0.15, -0.1) is 0 Å². The van der Waals surface area contributed by atoms with Crippen LogP contribution >= 0.6 is 0 Å². The van der Waals surface area contributed by atoms with Crippen molar-refractivity contribution in [2.45, 2.75) is 11.6 Å². The lowest BCUT2D eigenvalue weighted by Gasteiger charge is -2.31. The van der Waals surface area contributed by atoms with Crippen LogP contribution in [-0.2, 0) is 5.41 Å². The fourth-order valence-corrected chi connectivity index (χ4v) is 10.9. The van der Waals surface area contributed by atoms with Crippen LogP contribution < -0.4 is 0 Å². The van der Waals surface area contributed by atoms with E-state index in [2.05, 4.69) is 205 Å². The van der Waals surface area contributed by atoms with Gasteiger partial charge in [-0.2, -0.15) is 0 Å². The maximum Gasteiger partial charge on any atom is 0.158 e. The zero-order valence-corrected chi connectivity index (χ0v) is 31.5. The molecule has 0 amide bonds. The minimum absolute atomic E-state index is 0.474. The van der Waals surface area contributed by atoms with E-state index < -0.39 is 11.6 Å². The van der Waals surface area contributed by atoms with Crippen molar-refractivity contribution < 1.29 is 5.11 Å². The van der Waals surface area contributed by atoms with E-state index in [0.29, 0.717) is 0 Å². The summed E-state index contributed by atoms with van der Waals surface area (Å²) in [6, 6.07) is 73.2. The van der Waals surface area contributed by atoms with Gasteiger partial charge in [-0.3, -0.25) is 0 Å². The summed E-state index contributed by atoms with van der Waals surface area (Å²) in [6.45, 7) is 0. The van der Waals surface area contributed by atoms with Gasteiger partial charge in [-0.25, -0.2) is 0 Å². The van der Waals surface area contributed by atoms with Crippen molar-refractivity contribution in [3.8, 4) is 66.8 Å². The van der Waals surface area contributed by atoms with Crippen LogP contribution in [-0.4, -0.2) is 9.67 Å². The molecule has 58 heavy (non-hydrogen) atoms. The predicted octanol–water partition coefficient (Wildman–Crippen LogP) is 13.7. The fraction of sp³-hybridized carbons (Fsp3) is 0.0357. The Kier molecular flexibility index (Phi) is 6.40. The van der Waals surface area contributed by atoms with E-state index in [9.17, 15) is 5.11 Å². The molecule has 1 atom stereocenters. The SMILES string of the molecule is OC1c2ccc(-c3ccccc3)cc2-c2cc(-c3cccc(-c4ccccc4)c3)cc3c4cc5c(cc4n1c23)C1(c2ccccc2-c2ccccc21)c1ccccc1-5. The molecule has 2 heterocycles. The first-order valence-corrected chi connectivity index (χ1v) is 20.2. The van der Waals surface area contributed by atoms with Gasteiger partial charge < -0.3 is 9.67 Å². The van der Waals surface area contributed by atoms with Crippen molar-refractivity contribution in [2.75, 3.05) is 0 Å². The van der Waals surface area contributed by atoms with Crippen molar-refractivity contribution in [3.05, 3.63) is 228 Å². The number of hydrogen-bond acceptors (Lipinski definition) is 1. The van der Waals surface area contributed by atoms with E-state index in [-0.39, 0.29) is 0 Å². The predicted molar refractivity (Wildman–Crippen MR) is 238 cm³/mol. The minimum atomic E-state index is -0.861. The Hall–Kier alpha value is -7.26. The molecule has 270 valence electrons. The number of nitrogens with zero attached hydrogens (tertiary/aromatic N) is 1. The largest absolute Gasteiger partial charge is 0.369 e. The second-order valence-corrected chi connectivity index (χ2v) is 16.1. The average Bonchev–Trinajstić information content (AvgIpc) is 3.89. The van der Waals surface area contributed by atoms with Crippen LogP contribution in [0.25, 0.3) is 88.6 Å². The van der Waals surface area contributed by atoms with Gasteiger partial charge in [-0.05, 0) is 120 Å². The van der Waals surface area contributed by atoms with Gasteiger partial charge in [0.2, 0.25) is 0 Å². The van der Waals surface area contributed by atoms with Crippen molar-refractivity contribution in [1.29, 1.82) is 0 Å². The first kappa shape index (κ1) is 31.9. The van der Waals surface area contributed by atoms with Gasteiger partial charge in [0.25, 0.3) is 0 Å². The smallest absolute Gasteiger partial charge is 0.158 e. The Bertz CT molecular complexity index is 3310. The van der Waals surface area contributed by atoms with Gasteiger partial charge in [0.1, 0.15) is 0 Å². The number of fused-ring (bicyclic) bond motifs is 15. The second-order valence-electron chi connectivity index (χ2n) is 16.1. The highest BCUT2D eigenvalue weighted by atomic mass is 16.3. The lowest BCUT2D eigenvalue weighted by Crippen LogP contribution is -2.26. The Morgan fingerprint density at radius 2 is 0.862 bits per heavy atom. The topological polar surface area (TPSA) is 25.2 Å². The van der Waals surface area contributed by atoms with Crippen LogP contribution in [0.2, 0.25) is 0 Å². The molecule has 1 spiro atoms. The zero-order valence-electron chi connectivity index (χ0n) is 31.5. The molecule has 2 nitrogen and oxygen atoms in total. The third kappa shape index (κ3) is 4.09. The van der Waals surface area contributed by atoms with E-state index in [1.165, 1.54) is 55.6 Å². The number of hydrogen-bond donors (Lipinski definition) is 1. The monoisotopic (exact) mass is 737 g/mol. The number of aliphatic hydroxyl groups excluding tert-OH is 1. The summed E-state index contributed by atoms with van der Waals surface area (Å²) in [4.78, 5) is 0. The van der Waals surface area contributed by atoms with Gasteiger partial charge in [0.15, 0.2) is 6.23 Å². The summed E-state index contributed by atoms with van der Waals surface area (Å²) in [7, 11) is 0. The first-order valence-electron chi connectivity index (χ1n) is 20.2. The molecule has 3 aliphatic rings. The van der Waals surface area contributed by atoms with E-state index in [0.717, 1.165) is 60.8 Å². The third-order valence-corrected chi connectivity index (χ3v) is 13.3. The highest BCUT2D eigenvalue weighted by Crippen LogP contribution is 2.63. The number of aromatic nitrogens is 1. The summed E-state index contributed by atoms with van der Waals surface area (Å²) in [6.07, 6.45) is -0.861. The van der Waals surface area contributed by atoms with Crippen molar-refractivity contribution >= 4 is 21.8 Å². The molecule has 0 saturated heterocycles. The van der Waals surface area contributed by atoms with Crippen LogP contribution in [0.3, 0.4) is 0 Å². The molecule has 10 aromatic rings. The molecular weight excluding hydrogens is 703 g/mol. The fourth-order valence-electron chi connectivity index (χ4n) is 10.9. The quantitative estimate of drug-likeness (QED) is 0.192. The standard InChI is InChI=1S/C56H35NO/c58-55-43-27-26-38(35-16-5-2-6-17-35)29-44(43)47-30-39(37-19-13-18-36(28-37)34-14-3-1-4-15-34)31-48-46-32-45-42-22-9-12-25-51(42)56(52(45)33-53(46)57(55)54(47)48)49-23-10-7-20-40(49)41-21-8-11-24-50(41)56/h1-33,55,58H. The molecule has 2 aliphatic carbocycles. The van der Waals surface area contributed by atoms with Gasteiger partial charge in [0, 0.05) is 21.9 Å². The Labute approximate surface area is 336 Å². The van der Waals surface area contributed by atoms with Crippen molar-refractivity contribution in [1.82, 2.24) is 4.57 Å². The molecule has 13 rings (SSSR count). The molecule has 0 fully saturated rings. The van der Waals surface area contributed by atoms with E-state index in [1.807, 2.05) is 0 Å². The molecule has 9 aromatic carbocycles. The Morgan fingerprint density at radius 1 is 0.345 bits per heavy atom. The van der Waals surface area contributed by atoms with Crippen molar-refractivity contribution in [2.24, 2.45) is 0 Å². The Morgan fingerprint density at radius 3 is 1.50 bits per heavy atom. The van der Waals surface area contributed by atoms with Gasteiger partial charge >= 0.3 is 0 Å². The van der Waals surface area contributed by atoms with Gasteiger partial charge in [0.05, 0.1) is 16.4 Å². The van der Waals surface area contributed by atoms with Crippen LogP contribution in [0.4, 0.5) is 0 Å². The molecule has 0 radical (unpaired) electrons. The minimum Gasteiger partial charge on any atom is -0.369 e. The van der Waals surface area contributed by atoms with E-state index in [1.54, 1.807) is 0 Å². The summed E-state index contributed by atoms with van der Waals surface area (Å²) in [5.74, 6) is 0. The third-order valence-electron chi connectivity index (χ3n) is 13.3. The van der Waals surface area contributed by atoms with Crippen molar-refractivity contribution in [3.63, 3.8) is 0 Å². The normalized spacial score (nSPS) is 14.9. The second kappa shape index (κ2) is 11.6. The lowest BCUT2D eigenvalue weighted by molar-refractivity contribution is 0.155. The molecular formula is C56H35NO. The molecule has 1 aliphatic heterocycles. The summed E-state index contributed by atoms with van der Waals surface area (Å²) < 4.78 is 2.22. The molecule has 1 aromatic heterocycles. The highest BCUT2D eigenvalue weighted by molar-refractivity contribution is 6.17. The number of aliphatic hydroxyl groups is 1. The van der Waals surface area contributed by atoms with E-state index in [4.69, 9.17) is 0 Å². The number of benzene rings is 9. The molecule has 0 bridgehead atoms. The van der Waals surface area contributed by atoms with Crippen LogP contribution in [0.1, 0.15) is 34.0 Å². The highest BCUT2D eigenvalue weighted by Gasteiger charge is 2.52. The van der Waals surface area contributed by atoms with Crippen LogP contribution in [0, 0.1) is 0 Å². The Balaban J connectivity index is 1.14. The summed E-state index contributed by atoms with van der Waals surface area (Å²) in [5.41, 5.74) is 22.1. The summed E-state index contributed by atoms with van der Waals surface area (Å²) in [5, 5.41) is 15.0. The average molecular weight is 738 g/mol. The lowest BCUT2D eigenvalue weighted by atomic mass is 9.70. The van der Waals surface area contributed by atoms with Crippen LogP contribution in [0.15, 0.2) is 200 Å². The zero-order chi connectivity index (χ0) is 38.1. The van der Waals surface area contributed by atoms with Crippen LogP contribution in [0.5, 0.6) is 0 Å². The first-order chi connectivity index (χ1) is 28.7. The number of rotatable bonds is 3. The molecule has 1 unspecified atom stereocenters. The summed E-state index contributed by atoms with van der Waals surface area (Å²) >= 11 is 0. The van der Waals surface area contributed by atoms with Gasteiger partial charge in [-0.1, -0.05) is 164 Å². The maximum absolute atomic E-state index is 12.7.